The minimum atomic E-state index is -0.508. The van der Waals surface area contributed by atoms with Crippen LogP contribution in [0.2, 0.25) is 0 Å². The van der Waals surface area contributed by atoms with Crippen molar-refractivity contribution in [2.24, 2.45) is 11.1 Å². The quantitative estimate of drug-likeness (QED) is 0.674. The number of fused-ring (bicyclic) bond motifs is 1. The van der Waals surface area contributed by atoms with Crippen molar-refractivity contribution >= 4 is 16.9 Å². The molecule has 2 heterocycles. The molecule has 141 valence electrons. The van der Waals surface area contributed by atoms with Crippen LogP contribution >= 0.6 is 0 Å². The van der Waals surface area contributed by atoms with E-state index in [1.165, 1.54) is 0 Å². The number of H-pyrrole nitrogens is 1. The van der Waals surface area contributed by atoms with Crippen molar-refractivity contribution in [3.05, 3.63) is 48.3 Å². The van der Waals surface area contributed by atoms with Crippen LogP contribution in [0.15, 0.2) is 36.7 Å². The molecule has 0 spiro atoms. The molecular formula is C21H25N4O2. The lowest BCUT2D eigenvalue weighted by Crippen LogP contribution is -2.33. The number of carbonyl (C=O) groups excluding carboxylic acids is 1. The molecule has 27 heavy (non-hydrogen) atoms. The SMILES string of the molecule is CN(C)CC(C)(C)COc1cccc(-c2cnc3[nH]c[c]c3c2C(N)=O)c1. The Kier molecular flexibility index (Phi) is 5.19. The van der Waals surface area contributed by atoms with Gasteiger partial charge < -0.3 is 20.4 Å². The summed E-state index contributed by atoms with van der Waals surface area (Å²) in [6.07, 6.45) is 3.28. The smallest absolute Gasteiger partial charge is 0.250 e. The largest absolute Gasteiger partial charge is 0.493 e. The fourth-order valence-electron chi connectivity index (χ4n) is 3.35. The van der Waals surface area contributed by atoms with E-state index in [9.17, 15) is 4.79 Å². The maximum Gasteiger partial charge on any atom is 0.250 e. The first-order valence-electron chi connectivity index (χ1n) is 8.82. The van der Waals surface area contributed by atoms with Crippen molar-refractivity contribution in [1.29, 1.82) is 0 Å². The lowest BCUT2D eigenvalue weighted by Gasteiger charge is -2.28. The average molecular weight is 365 g/mol. The van der Waals surface area contributed by atoms with Gasteiger partial charge in [-0.25, -0.2) is 4.98 Å². The number of hydrogen-bond acceptors (Lipinski definition) is 4. The molecule has 6 nitrogen and oxygen atoms in total. The van der Waals surface area contributed by atoms with E-state index in [0.29, 0.717) is 28.8 Å². The Morgan fingerprint density at radius 2 is 2.15 bits per heavy atom. The molecule has 1 radical (unpaired) electrons. The number of benzene rings is 1. The van der Waals surface area contributed by atoms with E-state index in [-0.39, 0.29) is 5.41 Å². The second kappa shape index (κ2) is 7.40. The third-order valence-corrected chi connectivity index (χ3v) is 4.27. The first kappa shape index (κ1) is 18.9. The highest BCUT2D eigenvalue weighted by molar-refractivity contribution is 6.10. The number of primary amides is 1. The van der Waals surface area contributed by atoms with E-state index < -0.39 is 5.91 Å². The van der Waals surface area contributed by atoms with Gasteiger partial charge >= 0.3 is 0 Å². The standard InChI is InChI=1S/C21H25N4O2/c1-21(2,12-25(3)4)13-27-15-7-5-6-14(10-15)17-11-24-20-16(8-9-23-20)18(17)19(22)26/h5-7,9-11H,12-13H2,1-4H3,(H2,22,26)(H,23,24). The molecule has 0 atom stereocenters. The first-order chi connectivity index (χ1) is 12.8. The lowest BCUT2D eigenvalue weighted by atomic mass is 9.94. The molecule has 0 aliphatic carbocycles. The normalized spacial score (nSPS) is 11.9. The highest BCUT2D eigenvalue weighted by Crippen LogP contribution is 2.30. The predicted octanol–water partition coefficient (Wildman–Crippen LogP) is 3.10. The number of nitrogens with zero attached hydrogens (tertiary/aromatic N) is 2. The van der Waals surface area contributed by atoms with Gasteiger partial charge in [0.2, 0.25) is 5.91 Å². The minimum absolute atomic E-state index is 0.0123. The third-order valence-electron chi connectivity index (χ3n) is 4.27. The molecule has 0 saturated heterocycles. The van der Waals surface area contributed by atoms with Crippen molar-refractivity contribution < 1.29 is 9.53 Å². The van der Waals surface area contributed by atoms with Crippen molar-refractivity contribution in [2.45, 2.75) is 13.8 Å². The second-order valence-electron chi connectivity index (χ2n) is 7.79. The van der Waals surface area contributed by atoms with Crippen molar-refractivity contribution in [1.82, 2.24) is 14.9 Å². The van der Waals surface area contributed by atoms with Crippen LogP contribution in [0.3, 0.4) is 0 Å². The van der Waals surface area contributed by atoms with Crippen LogP contribution in [0.25, 0.3) is 22.2 Å². The van der Waals surface area contributed by atoms with Crippen LogP contribution in [0.1, 0.15) is 24.2 Å². The van der Waals surface area contributed by atoms with Crippen LogP contribution in [0.5, 0.6) is 5.75 Å². The molecule has 0 unspecified atom stereocenters. The summed E-state index contributed by atoms with van der Waals surface area (Å²) in [7, 11) is 4.10. The molecule has 0 aliphatic rings. The summed E-state index contributed by atoms with van der Waals surface area (Å²) in [5.41, 5.74) is 8.15. The summed E-state index contributed by atoms with van der Waals surface area (Å²) >= 11 is 0. The number of aromatic amines is 1. The van der Waals surface area contributed by atoms with Gasteiger partial charge in [-0.15, -0.1) is 0 Å². The van der Waals surface area contributed by atoms with Gasteiger partial charge in [0.1, 0.15) is 11.4 Å². The van der Waals surface area contributed by atoms with Gasteiger partial charge in [0.05, 0.1) is 12.2 Å². The Balaban J connectivity index is 1.91. The number of ether oxygens (including phenoxy) is 1. The van der Waals surface area contributed by atoms with E-state index in [1.54, 1.807) is 12.4 Å². The number of amides is 1. The Labute approximate surface area is 159 Å². The molecule has 0 fully saturated rings. The number of carbonyl (C=O) groups is 1. The van der Waals surface area contributed by atoms with E-state index in [2.05, 4.69) is 48.9 Å². The molecule has 6 heteroatoms. The third kappa shape index (κ3) is 4.28. The van der Waals surface area contributed by atoms with E-state index >= 15 is 0 Å². The van der Waals surface area contributed by atoms with E-state index in [4.69, 9.17) is 10.5 Å². The van der Waals surface area contributed by atoms with Crippen LogP contribution in [0, 0.1) is 11.5 Å². The summed E-state index contributed by atoms with van der Waals surface area (Å²) in [6, 6.07) is 10.6. The molecule has 1 aromatic carbocycles. The Bertz CT molecular complexity index is 960. The first-order valence-corrected chi connectivity index (χ1v) is 8.82. The van der Waals surface area contributed by atoms with Crippen LogP contribution in [0.4, 0.5) is 0 Å². The number of hydrogen-bond donors (Lipinski definition) is 2. The number of pyridine rings is 1. The monoisotopic (exact) mass is 365 g/mol. The lowest BCUT2D eigenvalue weighted by molar-refractivity contribution is 0.100. The van der Waals surface area contributed by atoms with Gasteiger partial charge in [-0.05, 0) is 31.8 Å². The minimum Gasteiger partial charge on any atom is -0.493 e. The molecule has 3 aromatic rings. The molecule has 2 aromatic heterocycles. The molecule has 0 aliphatic heterocycles. The summed E-state index contributed by atoms with van der Waals surface area (Å²) in [5, 5.41) is 0.596. The summed E-state index contributed by atoms with van der Waals surface area (Å²) in [6.45, 7) is 5.84. The molecular weight excluding hydrogens is 340 g/mol. The second-order valence-corrected chi connectivity index (χ2v) is 7.79. The van der Waals surface area contributed by atoms with Gasteiger partial charge in [0.15, 0.2) is 0 Å². The zero-order chi connectivity index (χ0) is 19.6. The maximum absolute atomic E-state index is 12.1. The van der Waals surface area contributed by atoms with Gasteiger partial charge in [0.25, 0.3) is 0 Å². The predicted molar refractivity (Wildman–Crippen MR) is 107 cm³/mol. The summed E-state index contributed by atoms with van der Waals surface area (Å²) in [4.78, 5) is 21.5. The summed E-state index contributed by atoms with van der Waals surface area (Å²) < 4.78 is 6.03. The zero-order valence-electron chi connectivity index (χ0n) is 16.2. The van der Waals surface area contributed by atoms with Crippen LogP contribution < -0.4 is 10.5 Å². The molecule has 1 amide bonds. The average Bonchev–Trinajstić information content (AvgIpc) is 3.06. The highest BCUT2D eigenvalue weighted by atomic mass is 16.5. The highest BCUT2D eigenvalue weighted by Gasteiger charge is 2.20. The Hall–Kier alpha value is -2.86. The summed E-state index contributed by atoms with van der Waals surface area (Å²) in [5.74, 6) is 0.236. The Morgan fingerprint density at radius 3 is 2.85 bits per heavy atom. The maximum atomic E-state index is 12.1. The van der Waals surface area contributed by atoms with Crippen molar-refractivity contribution in [2.75, 3.05) is 27.2 Å². The molecule has 0 bridgehead atoms. The topological polar surface area (TPSA) is 84.2 Å². The number of aromatic nitrogens is 2. The van der Waals surface area contributed by atoms with Gasteiger partial charge in [0, 0.05) is 41.4 Å². The fourth-order valence-corrected chi connectivity index (χ4v) is 3.35. The van der Waals surface area contributed by atoms with E-state index in [1.807, 2.05) is 24.3 Å². The van der Waals surface area contributed by atoms with Gasteiger partial charge in [-0.3, -0.25) is 4.79 Å². The van der Waals surface area contributed by atoms with Crippen LogP contribution in [-0.4, -0.2) is 48.0 Å². The van der Waals surface area contributed by atoms with Crippen LogP contribution in [-0.2, 0) is 0 Å². The fraction of sp³-hybridized carbons (Fsp3) is 0.333. The number of nitrogens with two attached hydrogens (primary N) is 1. The zero-order valence-corrected chi connectivity index (χ0v) is 16.2. The molecule has 0 saturated carbocycles. The van der Waals surface area contributed by atoms with E-state index in [0.717, 1.165) is 17.9 Å². The molecule has 3 rings (SSSR count). The van der Waals surface area contributed by atoms with Crippen molar-refractivity contribution in [3.8, 4) is 16.9 Å². The number of rotatable bonds is 7. The number of nitrogens with one attached hydrogen (secondary N) is 1. The molecule has 3 N–H and O–H groups in total. The Morgan fingerprint density at radius 1 is 1.37 bits per heavy atom. The van der Waals surface area contributed by atoms with Gasteiger partial charge in [-0.2, -0.15) is 0 Å². The van der Waals surface area contributed by atoms with Crippen molar-refractivity contribution in [3.63, 3.8) is 0 Å². The van der Waals surface area contributed by atoms with Gasteiger partial charge in [-0.1, -0.05) is 26.0 Å².